The largest absolute Gasteiger partial charge is 0.454 e. The molecular formula is C26H26N4O3. The van der Waals surface area contributed by atoms with Crippen molar-refractivity contribution < 1.29 is 14.3 Å². The summed E-state index contributed by atoms with van der Waals surface area (Å²) in [5.41, 5.74) is 5.89. The van der Waals surface area contributed by atoms with Crippen molar-refractivity contribution in [2.75, 3.05) is 12.1 Å². The van der Waals surface area contributed by atoms with Gasteiger partial charge >= 0.3 is 0 Å². The van der Waals surface area contributed by atoms with E-state index in [-0.39, 0.29) is 24.0 Å². The number of anilines is 1. The first-order valence-electron chi connectivity index (χ1n) is 11.3. The molecule has 7 heteroatoms. The molecule has 1 unspecified atom stereocenters. The zero-order valence-electron chi connectivity index (χ0n) is 19.2. The van der Waals surface area contributed by atoms with E-state index in [1.165, 1.54) is 11.1 Å². The summed E-state index contributed by atoms with van der Waals surface area (Å²) in [7, 11) is 0. The van der Waals surface area contributed by atoms with Gasteiger partial charge in [0.05, 0.1) is 0 Å². The van der Waals surface area contributed by atoms with Gasteiger partial charge in [-0.3, -0.25) is 4.79 Å². The molecule has 3 aromatic rings. The van der Waals surface area contributed by atoms with Crippen molar-refractivity contribution in [1.29, 1.82) is 0 Å². The molecule has 0 fully saturated rings. The molecule has 2 aliphatic heterocycles. The van der Waals surface area contributed by atoms with Crippen molar-refractivity contribution in [2.45, 2.75) is 46.6 Å². The molecule has 168 valence electrons. The standard InChI is InChI=1S/C26H26N4O3/c1-14-5-6-17(9-15(14)2)24-28-25-27-18-11-26(3,4)12-19(31)22(18)23(30(25)29-24)16-7-8-20-21(10-16)33-13-32-20/h5-10,23H,11-13H2,1-4H3,(H,27,28,29). The zero-order chi connectivity index (χ0) is 22.9. The van der Waals surface area contributed by atoms with E-state index < -0.39 is 0 Å². The van der Waals surface area contributed by atoms with Crippen molar-refractivity contribution in [3.05, 3.63) is 64.4 Å². The first-order valence-corrected chi connectivity index (χ1v) is 11.3. The van der Waals surface area contributed by atoms with Crippen LogP contribution in [0.15, 0.2) is 47.7 Å². The molecule has 6 rings (SSSR count). The second kappa shape index (κ2) is 6.94. The zero-order valence-corrected chi connectivity index (χ0v) is 19.2. The number of ether oxygens (including phenoxy) is 2. The number of nitrogens with one attached hydrogen (secondary N) is 1. The lowest BCUT2D eigenvalue weighted by Gasteiger charge is -2.38. The number of ketones is 1. The van der Waals surface area contributed by atoms with Crippen LogP contribution in [0.1, 0.15) is 49.4 Å². The van der Waals surface area contributed by atoms with Crippen LogP contribution in [0.25, 0.3) is 11.4 Å². The van der Waals surface area contributed by atoms with Gasteiger partial charge in [0.1, 0.15) is 6.04 Å². The van der Waals surface area contributed by atoms with Crippen LogP contribution in [0.2, 0.25) is 0 Å². The Balaban J connectivity index is 1.52. The van der Waals surface area contributed by atoms with Crippen molar-refractivity contribution in [3.63, 3.8) is 0 Å². The highest BCUT2D eigenvalue weighted by Crippen LogP contribution is 2.47. The highest BCUT2D eigenvalue weighted by Gasteiger charge is 2.42. The summed E-state index contributed by atoms with van der Waals surface area (Å²) in [6, 6.07) is 11.7. The lowest BCUT2D eigenvalue weighted by atomic mass is 9.73. The van der Waals surface area contributed by atoms with Crippen LogP contribution in [0.5, 0.6) is 11.5 Å². The van der Waals surface area contributed by atoms with Gasteiger partial charge in [-0.25, -0.2) is 4.68 Å². The predicted octanol–water partition coefficient (Wildman–Crippen LogP) is 4.95. The number of allylic oxidation sites excluding steroid dienone is 2. The summed E-state index contributed by atoms with van der Waals surface area (Å²) < 4.78 is 13.0. The molecule has 1 atom stereocenters. The van der Waals surface area contributed by atoms with Gasteiger partial charge in [0.15, 0.2) is 23.1 Å². The second-order valence-electron chi connectivity index (χ2n) is 9.98. The van der Waals surface area contributed by atoms with E-state index in [1.54, 1.807) is 0 Å². The van der Waals surface area contributed by atoms with Gasteiger partial charge in [-0.1, -0.05) is 32.0 Å². The molecule has 1 aromatic heterocycles. The first-order chi connectivity index (χ1) is 15.8. The molecule has 1 N–H and O–H groups in total. The number of carbonyl (C=O) groups is 1. The Kier molecular flexibility index (Phi) is 4.21. The lowest BCUT2D eigenvalue weighted by molar-refractivity contribution is -0.118. The van der Waals surface area contributed by atoms with Gasteiger partial charge in [-0.15, -0.1) is 5.10 Å². The number of carbonyl (C=O) groups excluding carboxylic acids is 1. The summed E-state index contributed by atoms with van der Waals surface area (Å²) >= 11 is 0. The number of Topliss-reactive ketones (excluding diaryl/α,β-unsaturated/α-hetero) is 1. The molecule has 2 aromatic carbocycles. The summed E-state index contributed by atoms with van der Waals surface area (Å²) in [6.45, 7) is 8.64. The minimum atomic E-state index is -0.373. The number of rotatable bonds is 2. The molecule has 0 saturated carbocycles. The molecule has 3 heterocycles. The molecule has 1 aliphatic carbocycles. The number of hydrogen-bond donors (Lipinski definition) is 1. The van der Waals surface area contributed by atoms with Crippen LogP contribution in [-0.4, -0.2) is 27.3 Å². The fraction of sp³-hybridized carbons (Fsp3) is 0.346. The summed E-state index contributed by atoms with van der Waals surface area (Å²) in [6.07, 6.45) is 1.28. The van der Waals surface area contributed by atoms with Crippen LogP contribution in [0, 0.1) is 19.3 Å². The molecular weight excluding hydrogens is 416 g/mol. The fourth-order valence-electron chi connectivity index (χ4n) is 5.00. The number of nitrogens with zero attached hydrogens (tertiary/aromatic N) is 3. The Morgan fingerprint density at radius 3 is 2.67 bits per heavy atom. The molecule has 33 heavy (non-hydrogen) atoms. The molecule has 0 spiro atoms. The lowest BCUT2D eigenvalue weighted by Crippen LogP contribution is -2.36. The maximum atomic E-state index is 13.4. The smallest absolute Gasteiger partial charge is 0.231 e. The molecule has 3 aliphatic rings. The van der Waals surface area contributed by atoms with E-state index in [9.17, 15) is 4.79 Å². The van der Waals surface area contributed by atoms with E-state index in [2.05, 4.69) is 45.1 Å². The molecule has 7 nitrogen and oxygen atoms in total. The maximum absolute atomic E-state index is 13.4. The van der Waals surface area contributed by atoms with Crippen molar-refractivity contribution in [1.82, 2.24) is 14.8 Å². The molecule has 0 radical (unpaired) electrons. The Morgan fingerprint density at radius 1 is 1.03 bits per heavy atom. The average Bonchev–Trinajstić information content (AvgIpc) is 3.39. The highest BCUT2D eigenvalue weighted by atomic mass is 16.7. The summed E-state index contributed by atoms with van der Waals surface area (Å²) in [4.78, 5) is 18.3. The number of benzene rings is 2. The third kappa shape index (κ3) is 3.22. The molecule has 0 saturated heterocycles. The third-order valence-corrected chi connectivity index (χ3v) is 6.81. The van der Waals surface area contributed by atoms with Crippen molar-refractivity contribution >= 4 is 11.7 Å². The van der Waals surface area contributed by atoms with Crippen LogP contribution in [-0.2, 0) is 4.79 Å². The Labute approximate surface area is 192 Å². The minimum Gasteiger partial charge on any atom is -0.454 e. The van der Waals surface area contributed by atoms with E-state index in [0.29, 0.717) is 29.7 Å². The monoisotopic (exact) mass is 442 g/mol. The van der Waals surface area contributed by atoms with Crippen LogP contribution < -0.4 is 14.8 Å². The van der Waals surface area contributed by atoms with E-state index in [0.717, 1.165) is 28.8 Å². The number of aryl methyl sites for hydroxylation is 2. The van der Waals surface area contributed by atoms with Gasteiger partial charge in [0.2, 0.25) is 12.7 Å². The SMILES string of the molecule is Cc1ccc(-c2nc3n(n2)C(c2ccc4c(c2)OCO4)C2=C(CC(C)(C)CC2=O)N3)cc1C. The van der Waals surface area contributed by atoms with Gasteiger partial charge in [-0.05, 0) is 60.6 Å². The normalized spacial score (nSPS) is 20.4. The van der Waals surface area contributed by atoms with Gasteiger partial charge in [0, 0.05) is 23.3 Å². The Hall–Kier alpha value is -3.61. The van der Waals surface area contributed by atoms with Crippen LogP contribution in [0.4, 0.5) is 5.95 Å². The van der Waals surface area contributed by atoms with E-state index in [1.807, 2.05) is 28.9 Å². The van der Waals surface area contributed by atoms with E-state index in [4.69, 9.17) is 19.6 Å². The van der Waals surface area contributed by atoms with Gasteiger partial charge in [0.25, 0.3) is 0 Å². The van der Waals surface area contributed by atoms with Crippen LogP contribution in [0.3, 0.4) is 0 Å². The maximum Gasteiger partial charge on any atom is 0.231 e. The second-order valence-corrected chi connectivity index (χ2v) is 9.98. The van der Waals surface area contributed by atoms with E-state index >= 15 is 0 Å². The summed E-state index contributed by atoms with van der Waals surface area (Å²) in [5, 5.41) is 8.33. The first kappa shape index (κ1) is 20.0. The van der Waals surface area contributed by atoms with Gasteiger partial charge < -0.3 is 14.8 Å². The number of fused-ring (bicyclic) bond motifs is 2. The van der Waals surface area contributed by atoms with Crippen LogP contribution >= 0.6 is 0 Å². The molecule has 0 bridgehead atoms. The fourth-order valence-corrected chi connectivity index (χ4v) is 5.00. The number of hydrogen-bond acceptors (Lipinski definition) is 6. The third-order valence-electron chi connectivity index (χ3n) is 6.81. The van der Waals surface area contributed by atoms with Crippen molar-refractivity contribution in [3.8, 4) is 22.9 Å². The Bertz CT molecular complexity index is 1350. The highest BCUT2D eigenvalue weighted by molar-refractivity contribution is 6.00. The average molecular weight is 443 g/mol. The molecule has 0 amide bonds. The topological polar surface area (TPSA) is 78.3 Å². The quantitative estimate of drug-likeness (QED) is 0.605. The minimum absolute atomic E-state index is 0.110. The predicted molar refractivity (Wildman–Crippen MR) is 124 cm³/mol. The Morgan fingerprint density at radius 2 is 1.85 bits per heavy atom. The van der Waals surface area contributed by atoms with Crippen molar-refractivity contribution in [2.24, 2.45) is 5.41 Å². The van der Waals surface area contributed by atoms with Gasteiger partial charge in [-0.2, -0.15) is 4.98 Å². The number of aromatic nitrogens is 3. The summed E-state index contributed by atoms with van der Waals surface area (Å²) in [5.74, 6) is 2.83.